The Hall–Kier alpha value is -0.890. The lowest BCUT2D eigenvalue weighted by Crippen LogP contribution is -2.24. The molecule has 1 aromatic rings. The second-order valence-corrected chi connectivity index (χ2v) is 3.99. The molecule has 0 saturated heterocycles. The van der Waals surface area contributed by atoms with Crippen molar-refractivity contribution in [2.75, 3.05) is 0 Å². The maximum atomic E-state index is 12.2. The monoisotopic (exact) mass is 179 g/mol. The Morgan fingerprint density at radius 3 is 2.15 bits per heavy atom. The lowest BCUT2D eigenvalue weighted by molar-refractivity contribution is 0.485. The Morgan fingerprint density at radius 2 is 1.69 bits per heavy atom. The summed E-state index contributed by atoms with van der Waals surface area (Å²) in [6, 6.07) is 7.62. The van der Waals surface area contributed by atoms with E-state index in [1.165, 1.54) is 5.56 Å². The van der Waals surface area contributed by atoms with Crippen molar-refractivity contribution in [1.82, 2.24) is 0 Å². The molecule has 70 valence electrons. The largest absolute Gasteiger partial charge is 0.325 e. The Morgan fingerprint density at radius 1 is 1.15 bits per heavy atom. The van der Waals surface area contributed by atoms with Crippen LogP contribution in [-0.4, -0.2) is 5.54 Å². The molecule has 0 atom stereocenters. The third kappa shape index (κ3) is 2.07. The van der Waals surface area contributed by atoms with Gasteiger partial charge in [0.05, 0.1) is 0 Å². The Bertz CT molecular complexity index is 287. The van der Waals surface area contributed by atoms with Crippen molar-refractivity contribution in [2.45, 2.75) is 31.5 Å². The molecule has 0 unspecified atom stereocenters. The summed E-state index contributed by atoms with van der Waals surface area (Å²) in [4.78, 5) is 0. The topological polar surface area (TPSA) is 26.0 Å². The van der Waals surface area contributed by atoms with E-state index in [-0.39, 0.29) is 12.2 Å². The number of nitrogens with two attached hydrogens (primary N) is 1. The number of benzene rings is 1. The predicted octanol–water partition coefficient (Wildman–Crippen LogP) is 2.19. The molecule has 1 aliphatic carbocycles. The number of alkyl halides is 1. The van der Waals surface area contributed by atoms with Crippen LogP contribution in [0.25, 0.3) is 0 Å². The van der Waals surface area contributed by atoms with Gasteiger partial charge in [0.15, 0.2) is 0 Å². The molecular formula is C11H14FN. The van der Waals surface area contributed by atoms with Gasteiger partial charge < -0.3 is 5.73 Å². The summed E-state index contributed by atoms with van der Waals surface area (Å²) in [6.07, 6.45) is 3.18. The van der Waals surface area contributed by atoms with Crippen molar-refractivity contribution < 1.29 is 4.39 Å². The van der Waals surface area contributed by atoms with E-state index >= 15 is 0 Å². The van der Waals surface area contributed by atoms with Crippen LogP contribution in [0.15, 0.2) is 24.3 Å². The van der Waals surface area contributed by atoms with Crippen LogP contribution in [0.2, 0.25) is 0 Å². The van der Waals surface area contributed by atoms with E-state index in [0.717, 1.165) is 24.8 Å². The van der Waals surface area contributed by atoms with Crippen molar-refractivity contribution in [1.29, 1.82) is 0 Å². The smallest absolute Gasteiger partial charge is 0.115 e. The van der Waals surface area contributed by atoms with Crippen LogP contribution in [0.5, 0.6) is 0 Å². The highest BCUT2D eigenvalue weighted by molar-refractivity contribution is 5.25. The minimum absolute atomic E-state index is 0.0528. The maximum absolute atomic E-state index is 12.2. The molecule has 1 fully saturated rings. The zero-order chi connectivity index (χ0) is 9.31. The third-order valence-electron chi connectivity index (χ3n) is 2.63. The number of rotatable bonds is 3. The van der Waals surface area contributed by atoms with Gasteiger partial charge in [0, 0.05) is 5.54 Å². The lowest BCUT2D eigenvalue weighted by atomic mass is 10.0. The van der Waals surface area contributed by atoms with Gasteiger partial charge in [-0.25, -0.2) is 4.39 Å². The molecule has 0 aromatic heterocycles. The number of hydrogen-bond donors (Lipinski definition) is 1. The Labute approximate surface area is 77.8 Å². The first-order valence-electron chi connectivity index (χ1n) is 4.65. The molecule has 0 radical (unpaired) electrons. The van der Waals surface area contributed by atoms with Crippen LogP contribution in [0.4, 0.5) is 4.39 Å². The molecule has 0 spiro atoms. The van der Waals surface area contributed by atoms with Gasteiger partial charge in [-0.15, -0.1) is 0 Å². The van der Waals surface area contributed by atoms with Crippen molar-refractivity contribution in [2.24, 2.45) is 5.73 Å². The molecular weight excluding hydrogens is 165 g/mol. The van der Waals surface area contributed by atoms with Gasteiger partial charge in [-0.1, -0.05) is 24.3 Å². The molecule has 2 rings (SSSR count). The van der Waals surface area contributed by atoms with E-state index in [9.17, 15) is 4.39 Å². The molecule has 1 aliphatic rings. The van der Waals surface area contributed by atoms with E-state index in [4.69, 9.17) is 5.73 Å². The van der Waals surface area contributed by atoms with Crippen LogP contribution in [0.3, 0.4) is 0 Å². The first-order chi connectivity index (χ1) is 6.22. The van der Waals surface area contributed by atoms with Gasteiger partial charge in [0.25, 0.3) is 0 Å². The van der Waals surface area contributed by atoms with Gasteiger partial charge in [-0.05, 0) is 30.4 Å². The highest BCUT2D eigenvalue weighted by Crippen LogP contribution is 2.35. The van der Waals surface area contributed by atoms with Gasteiger partial charge in [0.1, 0.15) is 6.67 Å². The Kier molecular flexibility index (Phi) is 2.08. The molecule has 1 aromatic carbocycles. The predicted molar refractivity (Wildman–Crippen MR) is 51.1 cm³/mol. The summed E-state index contributed by atoms with van der Waals surface area (Å²) in [7, 11) is 0. The fourth-order valence-corrected chi connectivity index (χ4v) is 1.49. The maximum Gasteiger partial charge on any atom is 0.115 e. The summed E-state index contributed by atoms with van der Waals surface area (Å²) < 4.78 is 12.2. The second kappa shape index (κ2) is 3.11. The van der Waals surface area contributed by atoms with Gasteiger partial charge >= 0.3 is 0 Å². The van der Waals surface area contributed by atoms with Gasteiger partial charge in [-0.3, -0.25) is 0 Å². The minimum atomic E-state index is -0.381. The first-order valence-corrected chi connectivity index (χ1v) is 4.65. The molecule has 0 bridgehead atoms. The zero-order valence-corrected chi connectivity index (χ0v) is 7.59. The van der Waals surface area contributed by atoms with Crippen LogP contribution in [0, 0.1) is 0 Å². The molecule has 1 saturated carbocycles. The average molecular weight is 179 g/mol. The van der Waals surface area contributed by atoms with Crippen LogP contribution in [-0.2, 0) is 13.1 Å². The molecule has 13 heavy (non-hydrogen) atoms. The summed E-state index contributed by atoms with van der Waals surface area (Å²) in [5.41, 5.74) is 7.99. The van der Waals surface area contributed by atoms with E-state index in [1.54, 1.807) is 0 Å². The van der Waals surface area contributed by atoms with Crippen molar-refractivity contribution >= 4 is 0 Å². The standard InChI is InChI=1S/C11H14FN/c12-8-10-3-1-9(2-4-10)7-11(13)5-6-11/h1-4H,5-8,13H2. The normalized spacial score (nSPS) is 18.6. The van der Waals surface area contributed by atoms with Crippen molar-refractivity contribution in [3.05, 3.63) is 35.4 Å². The summed E-state index contributed by atoms with van der Waals surface area (Å²) in [5.74, 6) is 0. The summed E-state index contributed by atoms with van der Waals surface area (Å²) in [5, 5.41) is 0. The SMILES string of the molecule is NC1(Cc2ccc(CF)cc2)CC1. The second-order valence-electron chi connectivity index (χ2n) is 3.99. The molecule has 2 heteroatoms. The highest BCUT2D eigenvalue weighted by Gasteiger charge is 2.37. The van der Waals surface area contributed by atoms with Crippen LogP contribution < -0.4 is 5.73 Å². The van der Waals surface area contributed by atoms with E-state index in [0.29, 0.717) is 0 Å². The molecule has 0 amide bonds. The fraction of sp³-hybridized carbons (Fsp3) is 0.455. The lowest BCUT2D eigenvalue weighted by Gasteiger charge is -2.08. The molecule has 2 N–H and O–H groups in total. The van der Waals surface area contributed by atoms with Gasteiger partial charge in [0.2, 0.25) is 0 Å². The number of halogens is 1. The number of hydrogen-bond acceptors (Lipinski definition) is 1. The minimum Gasteiger partial charge on any atom is -0.325 e. The van der Waals surface area contributed by atoms with E-state index in [1.807, 2.05) is 24.3 Å². The Balaban J connectivity index is 2.05. The van der Waals surface area contributed by atoms with E-state index < -0.39 is 0 Å². The van der Waals surface area contributed by atoms with Gasteiger partial charge in [-0.2, -0.15) is 0 Å². The summed E-state index contributed by atoms with van der Waals surface area (Å²) in [6.45, 7) is -0.381. The summed E-state index contributed by atoms with van der Waals surface area (Å²) >= 11 is 0. The van der Waals surface area contributed by atoms with Crippen LogP contribution in [0.1, 0.15) is 24.0 Å². The van der Waals surface area contributed by atoms with E-state index in [2.05, 4.69) is 0 Å². The van der Waals surface area contributed by atoms with Crippen molar-refractivity contribution in [3.8, 4) is 0 Å². The first kappa shape index (κ1) is 8.70. The molecule has 0 aliphatic heterocycles. The third-order valence-corrected chi connectivity index (χ3v) is 2.63. The zero-order valence-electron chi connectivity index (χ0n) is 7.59. The van der Waals surface area contributed by atoms with Crippen LogP contribution >= 0.6 is 0 Å². The molecule has 0 heterocycles. The van der Waals surface area contributed by atoms with Crippen molar-refractivity contribution in [3.63, 3.8) is 0 Å². The fourth-order valence-electron chi connectivity index (χ4n) is 1.49. The average Bonchev–Trinajstić information content (AvgIpc) is 2.85. The quantitative estimate of drug-likeness (QED) is 0.756. The highest BCUT2D eigenvalue weighted by atomic mass is 19.1. The molecule has 1 nitrogen and oxygen atoms in total.